The second-order valence-electron chi connectivity index (χ2n) is 7.40. The number of benzene rings is 1. The maximum atomic E-state index is 12.5. The maximum absolute atomic E-state index is 12.5. The molecule has 0 saturated carbocycles. The molecule has 1 heterocycles. The average molecular weight is 332 g/mol. The highest BCUT2D eigenvalue weighted by atomic mass is 16.4. The van der Waals surface area contributed by atoms with Crippen molar-refractivity contribution in [3.8, 4) is 0 Å². The molecule has 6 heteroatoms. The van der Waals surface area contributed by atoms with E-state index >= 15 is 0 Å². The fourth-order valence-corrected chi connectivity index (χ4v) is 3.11. The summed E-state index contributed by atoms with van der Waals surface area (Å²) in [6.07, 6.45) is -1.06. The first-order valence-corrected chi connectivity index (χ1v) is 8.03. The van der Waals surface area contributed by atoms with E-state index in [1.807, 2.05) is 13.8 Å². The minimum Gasteiger partial charge on any atom is -0.465 e. The van der Waals surface area contributed by atoms with Gasteiger partial charge in [0, 0.05) is 5.54 Å². The number of rotatable bonds is 4. The second-order valence-corrected chi connectivity index (χ2v) is 7.40. The van der Waals surface area contributed by atoms with Gasteiger partial charge in [-0.3, -0.25) is 19.4 Å². The first kappa shape index (κ1) is 18.0. The highest BCUT2D eigenvalue weighted by Crippen LogP contribution is 2.27. The average Bonchev–Trinajstić information content (AvgIpc) is 2.70. The van der Waals surface area contributed by atoms with E-state index in [0.717, 1.165) is 4.90 Å². The third kappa shape index (κ3) is 3.13. The highest BCUT2D eigenvalue weighted by Gasteiger charge is 2.41. The fourth-order valence-electron chi connectivity index (χ4n) is 3.11. The van der Waals surface area contributed by atoms with E-state index in [2.05, 4.69) is 0 Å². The molecule has 2 rings (SSSR count). The third-order valence-electron chi connectivity index (χ3n) is 4.28. The Labute approximate surface area is 142 Å². The van der Waals surface area contributed by atoms with E-state index in [4.69, 9.17) is 0 Å². The highest BCUT2D eigenvalue weighted by molar-refractivity contribution is 6.21. The molecular formula is C18H24N2O4. The van der Waals surface area contributed by atoms with Crippen molar-refractivity contribution >= 4 is 17.9 Å². The van der Waals surface area contributed by atoms with Crippen molar-refractivity contribution in [3.05, 3.63) is 35.4 Å². The van der Waals surface area contributed by atoms with Crippen LogP contribution in [0, 0.1) is 5.92 Å². The van der Waals surface area contributed by atoms with Crippen LogP contribution >= 0.6 is 0 Å². The predicted molar refractivity (Wildman–Crippen MR) is 90.1 cm³/mol. The standard InChI is InChI=1S/C18H24N2O4/c1-11(2)14(20(17(23)24)18(3,4)5)10-19-15(21)12-8-6-7-9-13(12)16(19)22/h6-9,11,14H,10H2,1-5H3,(H,23,24)/t14-/m1/s1. The number of amides is 3. The summed E-state index contributed by atoms with van der Waals surface area (Å²) in [5, 5.41) is 9.65. The van der Waals surface area contributed by atoms with Crippen molar-refractivity contribution in [2.45, 2.75) is 46.2 Å². The zero-order valence-electron chi connectivity index (χ0n) is 14.7. The van der Waals surface area contributed by atoms with E-state index in [1.165, 1.54) is 4.90 Å². The number of carboxylic acid groups (broad SMARTS) is 1. The zero-order chi connectivity index (χ0) is 18.2. The number of carbonyl (C=O) groups excluding carboxylic acids is 2. The minimum absolute atomic E-state index is 0.0492. The molecule has 0 fully saturated rings. The number of fused-ring (bicyclic) bond motifs is 1. The summed E-state index contributed by atoms with van der Waals surface area (Å²) >= 11 is 0. The zero-order valence-corrected chi connectivity index (χ0v) is 14.7. The van der Waals surface area contributed by atoms with Crippen molar-refractivity contribution in [2.24, 2.45) is 5.92 Å². The minimum atomic E-state index is -1.06. The SMILES string of the molecule is CC(C)[C@@H](CN1C(=O)c2ccccc2C1=O)N(C(=O)O)C(C)(C)C. The van der Waals surface area contributed by atoms with Crippen LogP contribution in [-0.2, 0) is 0 Å². The van der Waals surface area contributed by atoms with E-state index in [0.29, 0.717) is 11.1 Å². The first-order valence-electron chi connectivity index (χ1n) is 8.03. The van der Waals surface area contributed by atoms with Crippen LogP contribution < -0.4 is 0 Å². The van der Waals surface area contributed by atoms with Gasteiger partial charge >= 0.3 is 6.09 Å². The molecule has 0 bridgehead atoms. The van der Waals surface area contributed by atoms with Gasteiger partial charge in [-0.25, -0.2) is 4.79 Å². The fraction of sp³-hybridized carbons (Fsp3) is 0.500. The molecule has 0 radical (unpaired) electrons. The Morgan fingerprint density at radius 1 is 1.12 bits per heavy atom. The van der Waals surface area contributed by atoms with Crippen LogP contribution in [-0.4, -0.2) is 50.9 Å². The summed E-state index contributed by atoms with van der Waals surface area (Å²) in [5.74, 6) is -0.773. The van der Waals surface area contributed by atoms with E-state index in [-0.39, 0.29) is 24.3 Å². The molecule has 3 amide bonds. The van der Waals surface area contributed by atoms with Crippen LogP contribution in [0.15, 0.2) is 24.3 Å². The molecule has 1 N–H and O–H groups in total. The van der Waals surface area contributed by atoms with Crippen molar-refractivity contribution < 1.29 is 19.5 Å². The van der Waals surface area contributed by atoms with Crippen LogP contribution in [0.3, 0.4) is 0 Å². The van der Waals surface area contributed by atoms with Crippen molar-refractivity contribution in [1.82, 2.24) is 9.80 Å². The lowest BCUT2D eigenvalue weighted by Crippen LogP contribution is -2.57. The Morgan fingerprint density at radius 3 is 1.92 bits per heavy atom. The number of hydrogen-bond donors (Lipinski definition) is 1. The van der Waals surface area contributed by atoms with Gasteiger partial charge in [0.15, 0.2) is 0 Å². The lowest BCUT2D eigenvalue weighted by atomic mass is 9.96. The van der Waals surface area contributed by atoms with Gasteiger partial charge in [0.05, 0.1) is 23.7 Å². The van der Waals surface area contributed by atoms with Gasteiger partial charge in [0.25, 0.3) is 11.8 Å². The Balaban J connectivity index is 2.35. The van der Waals surface area contributed by atoms with Crippen LogP contribution in [0.1, 0.15) is 55.3 Å². The Kier molecular flexibility index (Phi) is 4.69. The molecular weight excluding hydrogens is 308 g/mol. The van der Waals surface area contributed by atoms with E-state index in [1.54, 1.807) is 45.0 Å². The molecule has 6 nitrogen and oxygen atoms in total. The molecule has 0 aromatic heterocycles. The third-order valence-corrected chi connectivity index (χ3v) is 4.28. The van der Waals surface area contributed by atoms with Gasteiger partial charge < -0.3 is 5.11 Å². The molecule has 1 aromatic carbocycles. The Hall–Kier alpha value is -2.37. The van der Waals surface area contributed by atoms with E-state index < -0.39 is 17.7 Å². The molecule has 0 saturated heterocycles. The molecule has 0 unspecified atom stereocenters. The Morgan fingerprint density at radius 2 is 1.58 bits per heavy atom. The summed E-state index contributed by atoms with van der Waals surface area (Å²) in [7, 11) is 0. The summed E-state index contributed by atoms with van der Waals surface area (Å²) in [6.45, 7) is 9.25. The van der Waals surface area contributed by atoms with Gasteiger partial charge in [-0.1, -0.05) is 26.0 Å². The Bertz CT molecular complexity index is 641. The molecule has 130 valence electrons. The van der Waals surface area contributed by atoms with Crippen molar-refractivity contribution in [3.63, 3.8) is 0 Å². The second kappa shape index (κ2) is 6.26. The smallest absolute Gasteiger partial charge is 0.408 e. The number of carbonyl (C=O) groups is 3. The molecule has 1 aliphatic heterocycles. The van der Waals surface area contributed by atoms with Crippen LogP contribution in [0.4, 0.5) is 4.79 Å². The van der Waals surface area contributed by atoms with Gasteiger partial charge in [0.2, 0.25) is 0 Å². The molecule has 1 aliphatic rings. The van der Waals surface area contributed by atoms with Gasteiger partial charge in [0.1, 0.15) is 0 Å². The quantitative estimate of drug-likeness (QED) is 0.860. The lowest BCUT2D eigenvalue weighted by Gasteiger charge is -2.42. The number of imide groups is 1. The number of nitrogens with zero attached hydrogens (tertiary/aromatic N) is 2. The lowest BCUT2D eigenvalue weighted by molar-refractivity contribution is 0.0323. The normalized spacial score (nSPS) is 15.7. The molecule has 0 spiro atoms. The summed E-state index contributed by atoms with van der Waals surface area (Å²) in [6, 6.07) is 6.19. The molecule has 1 atom stereocenters. The first-order chi connectivity index (χ1) is 11.1. The molecule has 1 aromatic rings. The summed E-state index contributed by atoms with van der Waals surface area (Å²) in [5.41, 5.74) is 0.115. The number of hydrogen-bond acceptors (Lipinski definition) is 3. The molecule has 24 heavy (non-hydrogen) atoms. The topological polar surface area (TPSA) is 77.9 Å². The van der Waals surface area contributed by atoms with Crippen molar-refractivity contribution in [1.29, 1.82) is 0 Å². The van der Waals surface area contributed by atoms with Gasteiger partial charge in [-0.2, -0.15) is 0 Å². The largest absolute Gasteiger partial charge is 0.465 e. The van der Waals surface area contributed by atoms with Crippen LogP contribution in [0.5, 0.6) is 0 Å². The monoisotopic (exact) mass is 332 g/mol. The van der Waals surface area contributed by atoms with Gasteiger partial charge in [-0.15, -0.1) is 0 Å². The summed E-state index contributed by atoms with van der Waals surface area (Å²) < 4.78 is 0. The predicted octanol–water partition coefficient (Wildman–Crippen LogP) is 3.09. The van der Waals surface area contributed by atoms with Crippen molar-refractivity contribution in [2.75, 3.05) is 6.54 Å². The van der Waals surface area contributed by atoms with Crippen LogP contribution in [0.2, 0.25) is 0 Å². The summed E-state index contributed by atoms with van der Waals surface area (Å²) in [4.78, 5) is 39.4. The van der Waals surface area contributed by atoms with Gasteiger partial charge in [-0.05, 0) is 38.8 Å². The van der Waals surface area contributed by atoms with E-state index in [9.17, 15) is 19.5 Å². The maximum Gasteiger partial charge on any atom is 0.408 e. The molecule has 0 aliphatic carbocycles. The van der Waals surface area contributed by atoms with Crippen LogP contribution in [0.25, 0.3) is 0 Å².